The van der Waals surface area contributed by atoms with Crippen LogP contribution in [0.3, 0.4) is 0 Å². The topological polar surface area (TPSA) is 50.9 Å². The molecule has 0 bridgehead atoms. The van der Waals surface area contributed by atoms with Gasteiger partial charge in [0.2, 0.25) is 0 Å². The van der Waals surface area contributed by atoms with Crippen molar-refractivity contribution in [2.75, 3.05) is 6.54 Å². The van der Waals surface area contributed by atoms with Crippen LogP contribution in [0.25, 0.3) is 0 Å². The van der Waals surface area contributed by atoms with Crippen LogP contribution in [0.2, 0.25) is 0 Å². The number of aryl methyl sites for hydroxylation is 1. The monoisotopic (exact) mass is 261 g/mol. The Balaban J connectivity index is 1.69. The van der Waals surface area contributed by atoms with Crippen LogP contribution in [0.1, 0.15) is 27.9 Å². The zero-order valence-corrected chi connectivity index (χ0v) is 11.4. The summed E-state index contributed by atoms with van der Waals surface area (Å²) in [5.74, 6) is 0. The van der Waals surface area contributed by atoms with Gasteiger partial charge in [-0.05, 0) is 25.5 Å². The minimum atomic E-state index is 0.113. The number of nitrogens with zero attached hydrogens (tertiary/aromatic N) is 1. The van der Waals surface area contributed by atoms with Crippen molar-refractivity contribution in [2.24, 2.45) is 5.73 Å². The lowest BCUT2D eigenvalue weighted by atomic mass is 10.1. The van der Waals surface area contributed by atoms with Crippen LogP contribution in [0.5, 0.6) is 0 Å². The average molecular weight is 261 g/mol. The molecule has 0 aliphatic heterocycles. The highest BCUT2D eigenvalue weighted by molar-refractivity contribution is 7.11. The molecule has 0 saturated heterocycles. The van der Waals surface area contributed by atoms with Crippen LogP contribution in [-0.4, -0.2) is 11.5 Å². The Hall–Kier alpha value is -1.23. The zero-order valence-electron chi connectivity index (χ0n) is 10.6. The summed E-state index contributed by atoms with van der Waals surface area (Å²) in [5.41, 5.74) is 7.33. The van der Waals surface area contributed by atoms with Crippen LogP contribution < -0.4 is 11.1 Å². The van der Waals surface area contributed by atoms with Gasteiger partial charge in [-0.15, -0.1) is 11.3 Å². The molecule has 3 N–H and O–H groups in total. The van der Waals surface area contributed by atoms with Gasteiger partial charge in [0.15, 0.2) is 0 Å². The number of nitrogens with one attached hydrogen (secondary N) is 1. The number of hydrogen-bond donors (Lipinski definition) is 2. The van der Waals surface area contributed by atoms with Crippen molar-refractivity contribution < 1.29 is 0 Å². The smallest absolute Gasteiger partial charge is 0.0897 e. The highest BCUT2D eigenvalue weighted by atomic mass is 32.1. The summed E-state index contributed by atoms with van der Waals surface area (Å²) in [4.78, 5) is 5.51. The fraction of sp³-hybridized carbons (Fsp3) is 0.357. The summed E-state index contributed by atoms with van der Waals surface area (Å²) >= 11 is 1.74. The molecular weight excluding hydrogens is 242 g/mol. The van der Waals surface area contributed by atoms with Gasteiger partial charge in [-0.1, -0.05) is 30.3 Å². The van der Waals surface area contributed by atoms with Crippen molar-refractivity contribution in [1.29, 1.82) is 0 Å². The Bertz CT molecular complexity index is 467. The van der Waals surface area contributed by atoms with Crippen molar-refractivity contribution in [3.05, 3.63) is 52.0 Å². The van der Waals surface area contributed by atoms with Crippen LogP contribution in [0.4, 0.5) is 0 Å². The standard InChI is InChI=1S/C14H19N3S/c1-11-17-10-13(18-11)9-16-8-7-14(15)12-5-3-2-4-6-12/h2-6,10,14,16H,7-9,15H2,1H3. The molecule has 2 rings (SSSR count). The van der Waals surface area contributed by atoms with Crippen LogP contribution in [-0.2, 0) is 6.54 Å². The number of rotatable bonds is 6. The number of thiazole rings is 1. The third-order valence-electron chi connectivity index (χ3n) is 2.83. The maximum atomic E-state index is 6.13. The third kappa shape index (κ3) is 3.91. The zero-order chi connectivity index (χ0) is 12.8. The highest BCUT2D eigenvalue weighted by Gasteiger charge is 2.04. The number of nitrogens with two attached hydrogens (primary N) is 1. The van der Waals surface area contributed by atoms with Gasteiger partial charge in [-0.25, -0.2) is 4.98 Å². The van der Waals surface area contributed by atoms with E-state index in [1.165, 1.54) is 10.4 Å². The fourth-order valence-electron chi connectivity index (χ4n) is 1.82. The minimum Gasteiger partial charge on any atom is -0.324 e. The first kappa shape index (κ1) is 13.2. The summed E-state index contributed by atoms with van der Waals surface area (Å²) in [5, 5.41) is 4.52. The predicted molar refractivity (Wildman–Crippen MR) is 76.5 cm³/mol. The molecule has 0 radical (unpaired) electrons. The molecule has 1 unspecified atom stereocenters. The van der Waals surface area contributed by atoms with E-state index in [-0.39, 0.29) is 6.04 Å². The largest absolute Gasteiger partial charge is 0.324 e. The Morgan fingerprint density at radius 3 is 2.78 bits per heavy atom. The molecule has 4 heteroatoms. The summed E-state index contributed by atoms with van der Waals surface area (Å²) in [7, 11) is 0. The Labute approximate surface area is 112 Å². The Morgan fingerprint density at radius 1 is 1.33 bits per heavy atom. The maximum absolute atomic E-state index is 6.13. The highest BCUT2D eigenvalue weighted by Crippen LogP contribution is 2.13. The second kappa shape index (κ2) is 6.64. The summed E-state index contributed by atoms with van der Waals surface area (Å²) < 4.78 is 0. The average Bonchev–Trinajstić information content (AvgIpc) is 2.81. The van der Waals surface area contributed by atoms with E-state index in [9.17, 15) is 0 Å². The van der Waals surface area contributed by atoms with Gasteiger partial charge in [0.05, 0.1) is 5.01 Å². The molecule has 1 aromatic heterocycles. The molecule has 0 amide bonds. The maximum Gasteiger partial charge on any atom is 0.0897 e. The van der Waals surface area contributed by atoms with E-state index in [0.717, 1.165) is 24.5 Å². The third-order valence-corrected chi connectivity index (χ3v) is 3.74. The van der Waals surface area contributed by atoms with Gasteiger partial charge in [0.1, 0.15) is 0 Å². The molecule has 0 aliphatic rings. The second-order valence-electron chi connectivity index (χ2n) is 4.33. The molecule has 18 heavy (non-hydrogen) atoms. The fourth-order valence-corrected chi connectivity index (χ4v) is 2.59. The second-order valence-corrected chi connectivity index (χ2v) is 5.65. The van der Waals surface area contributed by atoms with Gasteiger partial charge in [-0.3, -0.25) is 0 Å². The van der Waals surface area contributed by atoms with Gasteiger partial charge >= 0.3 is 0 Å². The van der Waals surface area contributed by atoms with E-state index in [0.29, 0.717) is 0 Å². The molecule has 0 aliphatic carbocycles. The first-order valence-electron chi connectivity index (χ1n) is 6.18. The molecule has 0 spiro atoms. The van der Waals surface area contributed by atoms with Crippen molar-refractivity contribution in [3.8, 4) is 0 Å². The van der Waals surface area contributed by atoms with Crippen LogP contribution >= 0.6 is 11.3 Å². The quantitative estimate of drug-likeness (QED) is 0.786. The van der Waals surface area contributed by atoms with Crippen molar-refractivity contribution in [3.63, 3.8) is 0 Å². The van der Waals surface area contributed by atoms with Gasteiger partial charge < -0.3 is 11.1 Å². The molecule has 1 heterocycles. The number of hydrogen-bond acceptors (Lipinski definition) is 4. The molecule has 1 atom stereocenters. The Morgan fingerprint density at radius 2 is 2.11 bits per heavy atom. The van der Waals surface area contributed by atoms with Crippen molar-refractivity contribution in [1.82, 2.24) is 10.3 Å². The van der Waals surface area contributed by atoms with E-state index < -0.39 is 0 Å². The molecule has 2 aromatic rings. The van der Waals surface area contributed by atoms with E-state index in [1.54, 1.807) is 11.3 Å². The molecule has 1 aromatic carbocycles. The summed E-state index contributed by atoms with van der Waals surface area (Å²) in [6.45, 7) is 3.83. The molecule has 96 valence electrons. The lowest BCUT2D eigenvalue weighted by molar-refractivity contribution is 0.582. The first-order valence-corrected chi connectivity index (χ1v) is 7.00. The molecule has 3 nitrogen and oxygen atoms in total. The van der Waals surface area contributed by atoms with Crippen molar-refractivity contribution in [2.45, 2.75) is 25.9 Å². The minimum absolute atomic E-state index is 0.113. The Kier molecular flexibility index (Phi) is 4.87. The number of benzene rings is 1. The van der Waals surface area contributed by atoms with Crippen molar-refractivity contribution >= 4 is 11.3 Å². The lowest BCUT2D eigenvalue weighted by Gasteiger charge is -2.12. The molecule has 0 saturated carbocycles. The van der Waals surface area contributed by atoms with Crippen LogP contribution in [0.15, 0.2) is 36.5 Å². The summed E-state index contributed by atoms with van der Waals surface area (Å²) in [6, 6.07) is 10.3. The van der Waals surface area contributed by atoms with E-state index in [2.05, 4.69) is 22.4 Å². The van der Waals surface area contributed by atoms with Gasteiger partial charge in [0.25, 0.3) is 0 Å². The lowest BCUT2D eigenvalue weighted by Crippen LogP contribution is -2.20. The molecule has 0 fully saturated rings. The SMILES string of the molecule is Cc1ncc(CNCCC(N)c2ccccc2)s1. The predicted octanol–water partition coefficient (Wildman–Crippen LogP) is 2.63. The normalized spacial score (nSPS) is 12.6. The van der Waals surface area contributed by atoms with Gasteiger partial charge in [0, 0.05) is 23.7 Å². The van der Waals surface area contributed by atoms with Crippen LogP contribution in [0, 0.1) is 6.92 Å². The first-order chi connectivity index (χ1) is 8.75. The van der Waals surface area contributed by atoms with Gasteiger partial charge in [-0.2, -0.15) is 0 Å². The molecular formula is C14H19N3S. The van der Waals surface area contributed by atoms with E-state index in [4.69, 9.17) is 5.73 Å². The van der Waals surface area contributed by atoms with E-state index in [1.807, 2.05) is 31.3 Å². The van der Waals surface area contributed by atoms with E-state index >= 15 is 0 Å². The number of aromatic nitrogens is 1. The summed E-state index contributed by atoms with van der Waals surface area (Å²) in [6.07, 6.45) is 2.88.